The Morgan fingerprint density at radius 1 is 1.00 bits per heavy atom. The zero-order chi connectivity index (χ0) is 20.5. The highest BCUT2D eigenvalue weighted by Crippen LogP contribution is 2.40. The van der Waals surface area contributed by atoms with Crippen LogP contribution in [0.1, 0.15) is 8.30 Å². The molecule has 1 heterocycles. The predicted molar refractivity (Wildman–Crippen MR) is 102 cm³/mol. The van der Waals surface area contributed by atoms with Crippen LogP contribution in [0, 0.1) is 0 Å². The number of anilines is 3. The lowest BCUT2D eigenvalue weighted by Crippen LogP contribution is -2.03. The van der Waals surface area contributed by atoms with Crippen LogP contribution in [-0.4, -0.2) is 31.3 Å². The molecule has 0 amide bonds. The van der Waals surface area contributed by atoms with Crippen LogP contribution in [0.3, 0.4) is 0 Å². The van der Waals surface area contributed by atoms with Gasteiger partial charge in [0.2, 0.25) is 11.7 Å². The van der Waals surface area contributed by atoms with E-state index in [0.717, 1.165) is 0 Å². The van der Waals surface area contributed by atoms with Crippen molar-refractivity contribution in [3.05, 3.63) is 35.9 Å². The molecule has 8 nitrogen and oxygen atoms in total. The Hall–Kier alpha value is -3.42. The minimum Gasteiger partial charge on any atom is -0.493 e. The second kappa shape index (κ2) is 7.22. The summed E-state index contributed by atoms with van der Waals surface area (Å²) in [7, 11) is 4.49. The third-order valence-corrected chi connectivity index (χ3v) is 3.76. The van der Waals surface area contributed by atoms with Crippen LogP contribution in [0.15, 0.2) is 30.3 Å². The highest BCUT2D eigenvalue weighted by atomic mass is 16.5. The quantitative estimate of drug-likeness (QED) is 0.616. The molecule has 0 aliphatic heterocycles. The van der Waals surface area contributed by atoms with E-state index in [1.54, 1.807) is 30.3 Å². The van der Waals surface area contributed by atoms with E-state index >= 15 is 0 Å². The van der Waals surface area contributed by atoms with E-state index < -0.39 is 6.50 Å². The molecular formula is C18H21N5O3. The van der Waals surface area contributed by atoms with Crippen LogP contribution in [-0.2, 0) is 6.50 Å². The molecule has 0 atom stereocenters. The van der Waals surface area contributed by atoms with Crippen molar-refractivity contribution < 1.29 is 17.0 Å². The van der Waals surface area contributed by atoms with Gasteiger partial charge in [-0.15, -0.1) is 0 Å². The minimum absolute atomic E-state index is 0.0660. The maximum Gasteiger partial charge on any atom is 0.222 e. The molecule has 26 heavy (non-hydrogen) atoms. The number of hydrogen-bond acceptors (Lipinski definition) is 8. The first-order valence-electron chi connectivity index (χ1n) is 8.70. The van der Waals surface area contributed by atoms with E-state index in [1.165, 1.54) is 21.3 Å². The van der Waals surface area contributed by atoms with Crippen molar-refractivity contribution in [3.63, 3.8) is 0 Å². The average Bonchev–Trinajstić information content (AvgIpc) is 2.66. The summed E-state index contributed by atoms with van der Waals surface area (Å²) in [5, 5.41) is 3.36. The van der Waals surface area contributed by atoms with Crippen LogP contribution in [0.2, 0.25) is 0 Å². The molecule has 0 unspecified atom stereocenters. The first-order valence-corrected chi connectivity index (χ1v) is 7.70. The summed E-state index contributed by atoms with van der Waals surface area (Å²) < 4.78 is 32.9. The van der Waals surface area contributed by atoms with E-state index in [1.807, 2.05) is 0 Å². The van der Waals surface area contributed by atoms with E-state index in [0.29, 0.717) is 39.4 Å². The molecule has 136 valence electrons. The number of ether oxygens (including phenoxy) is 3. The number of nitrogens with one attached hydrogen (secondary N) is 1. The van der Waals surface area contributed by atoms with Gasteiger partial charge >= 0.3 is 0 Å². The largest absolute Gasteiger partial charge is 0.493 e. The van der Waals surface area contributed by atoms with Gasteiger partial charge in [0.1, 0.15) is 5.82 Å². The van der Waals surface area contributed by atoms with Gasteiger partial charge in [0.25, 0.3) is 0 Å². The summed E-state index contributed by atoms with van der Waals surface area (Å²) in [6.45, 7) is -1.94. The second-order valence-corrected chi connectivity index (χ2v) is 5.36. The van der Waals surface area contributed by atoms with E-state index in [9.17, 15) is 0 Å². The Morgan fingerprint density at radius 2 is 1.69 bits per heavy atom. The highest BCUT2D eigenvalue weighted by Gasteiger charge is 2.13. The van der Waals surface area contributed by atoms with Crippen molar-refractivity contribution >= 4 is 28.4 Å². The smallest absolute Gasteiger partial charge is 0.222 e. The molecule has 0 aliphatic rings. The number of rotatable bonds is 6. The maximum atomic E-state index is 8.48. The van der Waals surface area contributed by atoms with Gasteiger partial charge in [-0.1, -0.05) is 6.07 Å². The van der Waals surface area contributed by atoms with Gasteiger partial charge in [0.05, 0.1) is 29.6 Å². The van der Waals surface area contributed by atoms with Gasteiger partial charge in [-0.05, 0) is 17.7 Å². The lowest BCUT2D eigenvalue weighted by molar-refractivity contribution is 0.324. The second-order valence-electron chi connectivity index (χ2n) is 5.36. The lowest BCUT2D eigenvalue weighted by Gasteiger charge is -2.15. The molecule has 5 N–H and O–H groups in total. The van der Waals surface area contributed by atoms with Gasteiger partial charge < -0.3 is 31.0 Å². The van der Waals surface area contributed by atoms with Crippen molar-refractivity contribution in [1.29, 1.82) is 0 Å². The third-order valence-electron chi connectivity index (χ3n) is 3.76. The summed E-state index contributed by atoms with van der Waals surface area (Å²) in [5.74, 6) is 1.49. The average molecular weight is 357 g/mol. The lowest BCUT2D eigenvalue weighted by atomic mass is 10.1. The fourth-order valence-electron chi connectivity index (χ4n) is 2.55. The highest BCUT2D eigenvalue weighted by molar-refractivity contribution is 5.89. The maximum absolute atomic E-state index is 8.48. The van der Waals surface area contributed by atoms with Gasteiger partial charge in [0, 0.05) is 29.7 Å². The standard InChI is InChI=1S/C18H21N5O3/c1-24-14-7-11(8-15(25-2)16(14)26-3)21-9-10-4-5-13-12(6-10)17(19)23-18(20)22-13/h4-8,21H,9H2,1-3H3,(H4,19,20,22,23)/i9D2. The number of aromatic nitrogens is 2. The SMILES string of the molecule is [2H]C([2H])(Nc1cc(OC)c(OC)c(OC)c1)c1ccc2nc(N)nc(N)c2c1. The molecule has 0 fully saturated rings. The van der Waals surface area contributed by atoms with Gasteiger partial charge in [-0.25, -0.2) is 4.98 Å². The number of fused-ring (bicyclic) bond motifs is 1. The first-order chi connectivity index (χ1) is 13.3. The molecule has 0 bridgehead atoms. The Kier molecular flexibility index (Phi) is 4.13. The van der Waals surface area contributed by atoms with E-state index in [-0.39, 0.29) is 11.8 Å². The van der Waals surface area contributed by atoms with Crippen LogP contribution < -0.4 is 31.0 Å². The number of nitrogens with two attached hydrogens (primary N) is 2. The fraction of sp³-hybridized carbons (Fsp3) is 0.222. The first kappa shape index (κ1) is 14.9. The fourth-order valence-corrected chi connectivity index (χ4v) is 2.55. The molecule has 0 saturated heterocycles. The topological polar surface area (TPSA) is 118 Å². The molecule has 1 aromatic heterocycles. The summed E-state index contributed by atoms with van der Waals surface area (Å²) in [6, 6.07) is 8.10. The van der Waals surface area contributed by atoms with Crippen LogP contribution >= 0.6 is 0 Å². The number of nitrogens with zero attached hydrogens (tertiary/aromatic N) is 2. The molecule has 3 aromatic rings. The molecule has 8 heteroatoms. The van der Waals surface area contributed by atoms with Crippen molar-refractivity contribution in [2.75, 3.05) is 38.1 Å². The van der Waals surface area contributed by atoms with Gasteiger partial charge in [0.15, 0.2) is 11.5 Å². The minimum atomic E-state index is -1.94. The summed E-state index contributed by atoms with van der Waals surface area (Å²) in [6.07, 6.45) is 0. The summed E-state index contributed by atoms with van der Waals surface area (Å²) in [4.78, 5) is 8.03. The number of methoxy groups -OCH3 is 3. The van der Waals surface area contributed by atoms with Gasteiger partial charge in [-0.3, -0.25) is 0 Å². The molecule has 0 saturated carbocycles. The van der Waals surface area contributed by atoms with Crippen molar-refractivity contribution in [2.45, 2.75) is 6.50 Å². The number of benzene rings is 2. The predicted octanol–water partition coefficient (Wildman–Crippen LogP) is 2.43. The summed E-state index contributed by atoms with van der Waals surface area (Å²) >= 11 is 0. The zero-order valence-corrected chi connectivity index (χ0v) is 14.7. The number of hydrogen-bond donors (Lipinski definition) is 3. The monoisotopic (exact) mass is 357 g/mol. The molecule has 3 rings (SSSR count). The summed E-state index contributed by atoms with van der Waals surface area (Å²) in [5.41, 5.74) is 12.8. The Labute approximate surface area is 153 Å². The third kappa shape index (κ3) is 3.34. The normalized spacial score (nSPS) is 12.3. The van der Waals surface area contributed by atoms with Crippen LogP contribution in [0.5, 0.6) is 17.2 Å². The van der Waals surface area contributed by atoms with Crippen molar-refractivity contribution in [1.82, 2.24) is 9.97 Å². The Bertz CT molecular complexity index is 1000. The zero-order valence-electron chi connectivity index (χ0n) is 16.7. The molecule has 2 aromatic carbocycles. The molecule has 0 spiro atoms. The Balaban J connectivity index is 2.01. The van der Waals surface area contributed by atoms with Crippen molar-refractivity contribution in [3.8, 4) is 17.2 Å². The van der Waals surface area contributed by atoms with Crippen molar-refractivity contribution in [2.24, 2.45) is 0 Å². The van der Waals surface area contributed by atoms with Crippen LogP contribution in [0.4, 0.5) is 17.5 Å². The molecule has 0 aliphatic carbocycles. The van der Waals surface area contributed by atoms with Crippen LogP contribution in [0.25, 0.3) is 10.9 Å². The molecule has 0 radical (unpaired) electrons. The Morgan fingerprint density at radius 3 is 2.31 bits per heavy atom. The number of nitrogen functional groups attached to an aromatic ring is 2. The van der Waals surface area contributed by atoms with E-state index in [2.05, 4.69) is 15.3 Å². The van der Waals surface area contributed by atoms with E-state index in [4.69, 9.17) is 28.4 Å². The molecular weight excluding hydrogens is 334 g/mol. The van der Waals surface area contributed by atoms with Gasteiger partial charge in [-0.2, -0.15) is 4.98 Å².